The molecule has 0 N–H and O–H groups in total. The maximum atomic E-state index is 2.45. The van der Waals surface area contributed by atoms with Gasteiger partial charge in [-0.25, -0.2) is 0 Å². The first-order valence-electron chi connectivity index (χ1n) is 7.68. The molecule has 0 heterocycles. The third kappa shape index (κ3) is 2.88. The molecule has 4 unspecified atom stereocenters. The van der Waals surface area contributed by atoms with Crippen molar-refractivity contribution in [2.75, 3.05) is 0 Å². The van der Waals surface area contributed by atoms with Gasteiger partial charge in [0.05, 0.1) is 0 Å². The van der Waals surface area contributed by atoms with E-state index < -0.39 is 0 Å². The predicted molar refractivity (Wildman–Crippen MR) is 76.0 cm³/mol. The molecule has 0 aromatic carbocycles. The van der Waals surface area contributed by atoms with Crippen molar-refractivity contribution in [2.24, 2.45) is 34.5 Å². The topological polar surface area (TPSA) is 0 Å². The average Bonchev–Trinajstić information content (AvgIpc) is 2.36. The molecule has 2 saturated carbocycles. The standard InChI is InChI=1S/C17H32/c1-16(2,3)14-8-7-13-9-12(10-14)11-15(13)17(4,5)6/h12-15H,7-11H2,1-6H3. The van der Waals surface area contributed by atoms with E-state index in [-0.39, 0.29) is 0 Å². The first-order valence-corrected chi connectivity index (χ1v) is 7.68. The third-order valence-electron chi connectivity index (χ3n) is 5.63. The number of hydrogen-bond acceptors (Lipinski definition) is 0. The fourth-order valence-electron chi connectivity index (χ4n) is 4.53. The Kier molecular flexibility index (Phi) is 3.38. The molecule has 0 aliphatic heterocycles. The molecule has 0 nitrogen and oxygen atoms in total. The zero-order valence-corrected chi connectivity index (χ0v) is 12.8. The van der Waals surface area contributed by atoms with Crippen molar-refractivity contribution < 1.29 is 0 Å². The molecule has 0 aromatic heterocycles. The number of fused-ring (bicyclic) bond motifs is 2. The van der Waals surface area contributed by atoms with E-state index in [1.54, 1.807) is 0 Å². The Labute approximate surface area is 109 Å². The molecule has 2 aliphatic rings. The molecule has 2 rings (SSSR count). The fraction of sp³-hybridized carbons (Fsp3) is 1.00. The minimum absolute atomic E-state index is 0.529. The Hall–Kier alpha value is 0. The van der Waals surface area contributed by atoms with Gasteiger partial charge in [-0.15, -0.1) is 0 Å². The highest BCUT2D eigenvalue weighted by atomic mass is 14.5. The van der Waals surface area contributed by atoms with Gasteiger partial charge in [0.15, 0.2) is 0 Å². The van der Waals surface area contributed by atoms with E-state index in [4.69, 9.17) is 0 Å². The quantitative estimate of drug-likeness (QED) is 0.519. The lowest BCUT2D eigenvalue weighted by Gasteiger charge is -2.37. The van der Waals surface area contributed by atoms with Gasteiger partial charge in [0, 0.05) is 0 Å². The number of hydrogen-bond donors (Lipinski definition) is 0. The van der Waals surface area contributed by atoms with E-state index >= 15 is 0 Å². The van der Waals surface area contributed by atoms with Crippen molar-refractivity contribution in [3.05, 3.63) is 0 Å². The Morgan fingerprint density at radius 1 is 0.706 bits per heavy atom. The maximum absolute atomic E-state index is 2.45. The second-order valence-corrected chi connectivity index (χ2v) is 8.95. The molecular weight excluding hydrogens is 204 g/mol. The van der Waals surface area contributed by atoms with Gasteiger partial charge in [0.25, 0.3) is 0 Å². The second kappa shape index (κ2) is 4.28. The van der Waals surface area contributed by atoms with Crippen LogP contribution in [-0.4, -0.2) is 0 Å². The lowest BCUT2D eigenvalue weighted by molar-refractivity contribution is 0.131. The molecule has 0 amide bonds. The van der Waals surface area contributed by atoms with Crippen LogP contribution in [0.25, 0.3) is 0 Å². The van der Waals surface area contributed by atoms with Crippen LogP contribution in [0, 0.1) is 34.5 Å². The Morgan fingerprint density at radius 3 is 1.88 bits per heavy atom. The van der Waals surface area contributed by atoms with Gasteiger partial charge in [0.2, 0.25) is 0 Å². The maximum Gasteiger partial charge on any atom is -0.0334 e. The lowest BCUT2D eigenvalue weighted by atomic mass is 9.68. The van der Waals surface area contributed by atoms with Gasteiger partial charge in [-0.1, -0.05) is 41.5 Å². The molecule has 4 atom stereocenters. The third-order valence-corrected chi connectivity index (χ3v) is 5.63. The fourth-order valence-corrected chi connectivity index (χ4v) is 4.53. The average molecular weight is 236 g/mol. The summed E-state index contributed by atoms with van der Waals surface area (Å²) in [5.74, 6) is 4.04. The summed E-state index contributed by atoms with van der Waals surface area (Å²) in [6.07, 6.45) is 7.54. The molecule has 17 heavy (non-hydrogen) atoms. The largest absolute Gasteiger partial charge is 0.0599 e. The van der Waals surface area contributed by atoms with Crippen LogP contribution in [0.15, 0.2) is 0 Å². The van der Waals surface area contributed by atoms with Gasteiger partial charge in [-0.2, -0.15) is 0 Å². The summed E-state index contributed by atoms with van der Waals surface area (Å²) >= 11 is 0. The summed E-state index contributed by atoms with van der Waals surface area (Å²) in [5.41, 5.74) is 1.07. The molecule has 0 aromatic rings. The SMILES string of the molecule is CC(C)(C)C1CCC2CC(C1)CC2C(C)(C)C. The minimum atomic E-state index is 0.529. The highest BCUT2D eigenvalue weighted by molar-refractivity contribution is 4.94. The Bertz CT molecular complexity index is 263. The molecular formula is C17H32. The van der Waals surface area contributed by atoms with E-state index in [9.17, 15) is 0 Å². The van der Waals surface area contributed by atoms with Crippen LogP contribution >= 0.6 is 0 Å². The first-order chi connectivity index (χ1) is 7.68. The predicted octanol–water partition coefficient (Wildman–Crippen LogP) is 5.52. The van der Waals surface area contributed by atoms with Crippen LogP contribution in [-0.2, 0) is 0 Å². The summed E-state index contributed by atoms with van der Waals surface area (Å²) in [4.78, 5) is 0. The Morgan fingerprint density at radius 2 is 1.35 bits per heavy atom. The highest BCUT2D eigenvalue weighted by Crippen LogP contribution is 2.54. The monoisotopic (exact) mass is 236 g/mol. The molecule has 2 bridgehead atoms. The van der Waals surface area contributed by atoms with Crippen LogP contribution in [0.2, 0.25) is 0 Å². The normalized spacial score (nSPS) is 39.2. The van der Waals surface area contributed by atoms with E-state index in [0.717, 1.165) is 23.7 Å². The molecule has 2 fully saturated rings. The molecule has 0 saturated heterocycles. The van der Waals surface area contributed by atoms with Crippen LogP contribution < -0.4 is 0 Å². The van der Waals surface area contributed by atoms with Crippen LogP contribution in [0.1, 0.15) is 73.6 Å². The van der Waals surface area contributed by atoms with Crippen LogP contribution in [0.3, 0.4) is 0 Å². The van der Waals surface area contributed by atoms with Crippen molar-refractivity contribution >= 4 is 0 Å². The van der Waals surface area contributed by atoms with Crippen molar-refractivity contribution in [3.8, 4) is 0 Å². The molecule has 2 aliphatic carbocycles. The zero-order valence-electron chi connectivity index (χ0n) is 12.8. The second-order valence-electron chi connectivity index (χ2n) is 8.95. The van der Waals surface area contributed by atoms with Crippen molar-refractivity contribution in [1.82, 2.24) is 0 Å². The minimum Gasteiger partial charge on any atom is -0.0599 e. The summed E-state index contributed by atoms with van der Waals surface area (Å²) in [7, 11) is 0. The Balaban J connectivity index is 2.05. The van der Waals surface area contributed by atoms with Gasteiger partial charge in [-0.05, 0) is 66.6 Å². The molecule has 100 valence electrons. The van der Waals surface area contributed by atoms with Crippen LogP contribution in [0.4, 0.5) is 0 Å². The molecule has 0 spiro atoms. The number of rotatable bonds is 0. The summed E-state index contributed by atoms with van der Waals surface area (Å²) in [5, 5.41) is 0. The lowest BCUT2D eigenvalue weighted by Crippen LogP contribution is -2.28. The van der Waals surface area contributed by atoms with Gasteiger partial charge >= 0.3 is 0 Å². The van der Waals surface area contributed by atoms with Gasteiger partial charge in [0.1, 0.15) is 0 Å². The highest BCUT2D eigenvalue weighted by Gasteiger charge is 2.44. The summed E-state index contributed by atoms with van der Waals surface area (Å²) in [6, 6.07) is 0. The van der Waals surface area contributed by atoms with Crippen molar-refractivity contribution in [2.45, 2.75) is 73.6 Å². The summed E-state index contributed by atoms with van der Waals surface area (Å²) < 4.78 is 0. The molecule has 0 heteroatoms. The van der Waals surface area contributed by atoms with Crippen molar-refractivity contribution in [3.63, 3.8) is 0 Å². The zero-order chi connectivity index (χ0) is 12.8. The smallest absolute Gasteiger partial charge is 0.0334 e. The molecule has 0 radical (unpaired) electrons. The van der Waals surface area contributed by atoms with Crippen LogP contribution in [0.5, 0.6) is 0 Å². The van der Waals surface area contributed by atoms with E-state index in [1.165, 1.54) is 32.1 Å². The summed E-state index contributed by atoms with van der Waals surface area (Å²) in [6.45, 7) is 14.7. The van der Waals surface area contributed by atoms with E-state index in [1.807, 2.05) is 0 Å². The van der Waals surface area contributed by atoms with Crippen molar-refractivity contribution in [1.29, 1.82) is 0 Å². The van der Waals surface area contributed by atoms with Gasteiger partial charge in [-0.3, -0.25) is 0 Å². The first kappa shape index (κ1) is 13.4. The van der Waals surface area contributed by atoms with Gasteiger partial charge < -0.3 is 0 Å². The van der Waals surface area contributed by atoms with E-state index in [0.29, 0.717) is 10.8 Å². The van der Waals surface area contributed by atoms with E-state index in [2.05, 4.69) is 41.5 Å².